The number of esters is 4. The summed E-state index contributed by atoms with van der Waals surface area (Å²) < 4.78 is 43.7. The Kier molecular flexibility index (Phi) is 35.0. The minimum absolute atomic E-state index is 0.290. The molecule has 228 valence electrons. The quantitative estimate of drug-likeness (QED) is 0.0890. The van der Waals surface area contributed by atoms with Gasteiger partial charge in [0.25, 0.3) is 10.1 Å². The Morgan fingerprint density at radius 1 is 0.632 bits per heavy atom. The van der Waals surface area contributed by atoms with Gasteiger partial charge >= 0.3 is 23.9 Å². The van der Waals surface area contributed by atoms with Crippen molar-refractivity contribution < 1.29 is 50.7 Å². The molecular formula is C26H52O11S. The molecule has 0 spiro atoms. The summed E-state index contributed by atoms with van der Waals surface area (Å²) in [5, 5.41) is 0. The number of carbonyl (C=O) groups is 4. The highest BCUT2D eigenvalue weighted by molar-refractivity contribution is 7.85. The van der Waals surface area contributed by atoms with Gasteiger partial charge in [-0.15, -0.1) is 0 Å². The zero-order valence-corrected chi connectivity index (χ0v) is 25.8. The Labute approximate surface area is 230 Å². The molecule has 0 aliphatic carbocycles. The van der Waals surface area contributed by atoms with E-state index < -0.39 is 39.9 Å². The number of hydrogen-bond donors (Lipinski definition) is 0. The highest BCUT2D eigenvalue weighted by Gasteiger charge is 2.28. The number of carbonyl (C=O) groups excluding carboxylic acids is 4. The fraction of sp³-hybridized carbons (Fsp3) is 0.846. The van der Waals surface area contributed by atoms with Gasteiger partial charge in [-0.05, 0) is 40.5 Å². The molecule has 0 heterocycles. The molecule has 0 amide bonds. The Bertz CT molecular complexity index is 657. The van der Waals surface area contributed by atoms with Gasteiger partial charge in [0.1, 0.15) is 6.42 Å². The normalized spacial score (nSPS) is 9.84. The average molecular weight is 573 g/mol. The molecular weight excluding hydrogens is 520 g/mol. The van der Waals surface area contributed by atoms with Gasteiger partial charge in [0.05, 0.1) is 39.3 Å². The Morgan fingerprint density at radius 2 is 1.00 bits per heavy atom. The second-order valence-electron chi connectivity index (χ2n) is 7.57. The summed E-state index contributed by atoms with van der Waals surface area (Å²) in [6.45, 7) is 16.5. The van der Waals surface area contributed by atoms with Gasteiger partial charge in [-0.1, -0.05) is 53.4 Å². The van der Waals surface area contributed by atoms with Crippen molar-refractivity contribution in [1.29, 1.82) is 0 Å². The highest BCUT2D eigenvalue weighted by Crippen LogP contribution is 2.12. The van der Waals surface area contributed by atoms with Crippen LogP contribution in [-0.2, 0) is 52.4 Å². The van der Waals surface area contributed by atoms with Crippen molar-refractivity contribution in [3.63, 3.8) is 0 Å². The van der Waals surface area contributed by atoms with Crippen LogP contribution in [0.1, 0.15) is 100 Å². The summed E-state index contributed by atoms with van der Waals surface area (Å²) in [6.07, 6.45) is 6.04. The molecule has 0 aromatic rings. The fourth-order valence-electron chi connectivity index (χ4n) is 2.12. The molecule has 0 unspecified atom stereocenters. The van der Waals surface area contributed by atoms with Gasteiger partial charge in [0.15, 0.2) is 5.92 Å². The lowest BCUT2D eigenvalue weighted by Gasteiger charge is -2.13. The summed E-state index contributed by atoms with van der Waals surface area (Å²) >= 11 is 0. The maximum atomic E-state index is 11.4. The molecule has 11 nitrogen and oxygen atoms in total. The first-order valence-corrected chi connectivity index (χ1v) is 15.2. The zero-order valence-electron chi connectivity index (χ0n) is 25.0. The van der Waals surface area contributed by atoms with Crippen LogP contribution >= 0.6 is 0 Å². The van der Waals surface area contributed by atoms with Crippen LogP contribution in [0.2, 0.25) is 0 Å². The van der Waals surface area contributed by atoms with Crippen molar-refractivity contribution in [3.05, 3.63) is 0 Å². The summed E-state index contributed by atoms with van der Waals surface area (Å²) in [5.41, 5.74) is 0. The van der Waals surface area contributed by atoms with Gasteiger partial charge in [-0.25, -0.2) is 0 Å². The molecule has 0 bridgehead atoms. The van der Waals surface area contributed by atoms with E-state index in [4.69, 9.17) is 9.47 Å². The molecule has 0 fully saturated rings. The molecule has 0 aliphatic heterocycles. The first kappa shape index (κ1) is 42.9. The fourth-order valence-corrected chi connectivity index (χ4v) is 2.54. The van der Waals surface area contributed by atoms with Gasteiger partial charge in [0, 0.05) is 0 Å². The molecule has 0 radical (unpaired) electrons. The van der Waals surface area contributed by atoms with E-state index in [0.717, 1.165) is 31.9 Å². The highest BCUT2D eigenvalue weighted by atomic mass is 32.2. The second kappa shape index (κ2) is 31.0. The van der Waals surface area contributed by atoms with Crippen LogP contribution in [0.3, 0.4) is 0 Å². The molecule has 38 heavy (non-hydrogen) atoms. The van der Waals surface area contributed by atoms with Crippen molar-refractivity contribution in [1.82, 2.24) is 0 Å². The Hall–Kier alpha value is -2.21. The molecule has 12 heteroatoms. The third-order valence-corrected chi connectivity index (χ3v) is 4.28. The average Bonchev–Trinajstić information content (AvgIpc) is 2.81. The Morgan fingerprint density at radius 3 is 1.29 bits per heavy atom. The molecule has 0 N–H and O–H groups in total. The summed E-state index contributed by atoms with van der Waals surface area (Å²) in [6, 6.07) is 0. The first-order valence-electron chi connectivity index (χ1n) is 13.3. The third kappa shape index (κ3) is 35.9. The van der Waals surface area contributed by atoms with Crippen LogP contribution in [0, 0.1) is 5.92 Å². The minimum Gasteiger partial charge on any atom is -0.466 e. The standard InChI is InChI=1S/C11H20O4.C7H12O4.C5H12O3S.C3H8/c1-4-7-8-9(10(12)14-5-2)11(13)15-6-3;1-3-10-6(8)5-7(9)11-4-2;1-3-4-5-8-9(2,6)7;1-3-2/h9H,4-8H2,1-3H3;3-5H2,1-2H3;3-5H2,1-2H3;3H2,1-2H3. The smallest absolute Gasteiger partial charge is 0.320 e. The number of rotatable bonds is 15. The van der Waals surface area contributed by atoms with Crippen LogP contribution in [0.4, 0.5) is 0 Å². The largest absolute Gasteiger partial charge is 0.466 e. The maximum absolute atomic E-state index is 11.4. The van der Waals surface area contributed by atoms with E-state index in [1.807, 2.05) is 13.8 Å². The van der Waals surface area contributed by atoms with Crippen molar-refractivity contribution in [2.24, 2.45) is 5.92 Å². The summed E-state index contributed by atoms with van der Waals surface area (Å²) in [4.78, 5) is 44.1. The van der Waals surface area contributed by atoms with Gasteiger partial charge in [-0.2, -0.15) is 8.42 Å². The van der Waals surface area contributed by atoms with Crippen LogP contribution in [0.5, 0.6) is 0 Å². The monoisotopic (exact) mass is 572 g/mol. The van der Waals surface area contributed by atoms with Gasteiger partial charge in [-0.3, -0.25) is 23.4 Å². The van der Waals surface area contributed by atoms with E-state index >= 15 is 0 Å². The predicted molar refractivity (Wildman–Crippen MR) is 146 cm³/mol. The van der Waals surface area contributed by atoms with E-state index in [0.29, 0.717) is 26.2 Å². The lowest BCUT2D eigenvalue weighted by Crippen LogP contribution is -2.28. The number of ether oxygens (including phenoxy) is 4. The zero-order chi connectivity index (χ0) is 30.4. The third-order valence-electron chi connectivity index (χ3n) is 3.68. The maximum Gasteiger partial charge on any atom is 0.320 e. The molecule has 0 saturated carbocycles. The van der Waals surface area contributed by atoms with Gasteiger partial charge in [0.2, 0.25) is 0 Å². The van der Waals surface area contributed by atoms with E-state index in [2.05, 4.69) is 27.5 Å². The van der Waals surface area contributed by atoms with E-state index in [1.54, 1.807) is 27.7 Å². The van der Waals surface area contributed by atoms with Crippen molar-refractivity contribution in [2.45, 2.75) is 100 Å². The minimum atomic E-state index is -3.20. The summed E-state index contributed by atoms with van der Waals surface area (Å²) in [7, 11) is -3.20. The van der Waals surface area contributed by atoms with E-state index in [-0.39, 0.29) is 19.6 Å². The molecule has 0 aliphatic rings. The molecule has 0 aromatic carbocycles. The van der Waals surface area contributed by atoms with E-state index in [1.165, 1.54) is 6.42 Å². The van der Waals surface area contributed by atoms with Crippen LogP contribution < -0.4 is 0 Å². The molecule has 0 rings (SSSR count). The van der Waals surface area contributed by atoms with Crippen molar-refractivity contribution in [2.75, 3.05) is 39.3 Å². The molecule has 0 saturated heterocycles. The SMILES string of the molecule is CCC.CCCCC(C(=O)OCC)C(=O)OCC.CCCCOS(C)(=O)=O.CCOC(=O)CC(=O)OCC. The Balaban J connectivity index is -0.000000223. The molecule has 0 aromatic heterocycles. The number of hydrogen-bond acceptors (Lipinski definition) is 11. The van der Waals surface area contributed by atoms with Gasteiger partial charge < -0.3 is 18.9 Å². The second-order valence-corrected chi connectivity index (χ2v) is 9.22. The molecule has 0 atom stereocenters. The van der Waals surface area contributed by atoms with E-state index in [9.17, 15) is 27.6 Å². The summed E-state index contributed by atoms with van der Waals surface area (Å²) in [5.74, 6) is -2.75. The van der Waals surface area contributed by atoms with Crippen LogP contribution in [0.25, 0.3) is 0 Å². The van der Waals surface area contributed by atoms with Crippen molar-refractivity contribution in [3.8, 4) is 0 Å². The number of unbranched alkanes of at least 4 members (excludes halogenated alkanes) is 2. The lowest BCUT2D eigenvalue weighted by atomic mass is 10.0. The lowest BCUT2D eigenvalue weighted by molar-refractivity contribution is -0.162. The predicted octanol–water partition coefficient (Wildman–Crippen LogP) is 4.60. The first-order chi connectivity index (χ1) is 17.8. The topological polar surface area (TPSA) is 149 Å². The van der Waals surface area contributed by atoms with Crippen molar-refractivity contribution >= 4 is 34.0 Å². The van der Waals surface area contributed by atoms with Crippen LogP contribution in [0.15, 0.2) is 0 Å². The van der Waals surface area contributed by atoms with Crippen LogP contribution in [-0.4, -0.2) is 71.6 Å².